The van der Waals surface area contributed by atoms with Gasteiger partial charge >= 0.3 is 0 Å². The van der Waals surface area contributed by atoms with Crippen molar-refractivity contribution in [3.05, 3.63) is 24.5 Å². The van der Waals surface area contributed by atoms with E-state index in [0.29, 0.717) is 23.7 Å². The molecule has 0 saturated carbocycles. The Morgan fingerprint density at radius 1 is 1.35 bits per heavy atom. The molecule has 9 nitrogen and oxygen atoms in total. The highest BCUT2D eigenvalue weighted by molar-refractivity contribution is 6.03. The fourth-order valence-corrected chi connectivity index (χ4v) is 2.67. The molecule has 0 spiro atoms. The van der Waals surface area contributed by atoms with Gasteiger partial charge in [0.1, 0.15) is 6.33 Å². The second kappa shape index (κ2) is 5.27. The first-order valence-electron chi connectivity index (χ1n) is 7.07. The number of hydrogen-bond donors (Lipinski definition) is 2. The van der Waals surface area contributed by atoms with Crippen LogP contribution in [0.2, 0.25) is 0 Å². The van der Waals surface area contributed by atoms with E-state index >= 15 is 0 Å². The Morgan fingerprint density at radius 3 is 3.04 bits per heavy atom. The van der Waals surface area contributed by atoms with Gasteiger partial charge in [0.05, 0.1) is 5.92 Å². The Labute approximate surface area is 130 Å². The highest BCUT2D eigenvalue weighted by Crippen LogP contribution is 2.37. The van der Waals surface area contributed by atoms with Gasteiger partial charge in [-0.2, -0.15) is 10.1 Å². The number of fused-ring (bicyclic) bond motifs is 1. The van der Waals surface area contributed by atoms with Gasteiger partial charge < -0.3 is 14.4 Å². The average molecular weight is 315 g/mol. The van der Waals surface area contributed by atoms with Crippen molar-refractivity contribution >= 4 is 23.5 Å². The monoisotopic (exact) mass is 315 g/mol. The van der Waals surface area contributed by atoms with Gasteiger partial charge in [0.15, 0.2) is 11.5 Å². The molecule has 1 atom stereocenters. The first kappa shape index (κ1) is 13.6. The maximum absolute atomic E-state index is 12.2. The summed E-state index contributed by atoms with van der Waals surface area (Å²) in [6.45, 7) is 0.480. The van der Waals surface area contributed by atoms with E-state index in [4.69, 9.17) is 9.47 Å². The van der Waals surface area contributed by atoms with Crippen LogP contribution in [0.5, 0.6) is 11.5 Å². The normalized spacial score (nSPS) is 19.2. The SMILES string of the molecule is O=C(Nc1ncn[nH]1)C1CC(=O)N(c2ccc3c(c2)OCO3)C1. The molecule has 23 heavy (non-hydrogen) atoms. The summed E-state index contributed by atoms with van der Waals surface area (Å²) in [6, 6.07) is 5.28. The van der Waals surface area contributed by atoms with Crippen LogP contribution in [-0.2, 0) is 9.59 Å². The maximum atomic E-state index is 12.2. The Hall–Kier alpha value is -3.10. The molecule has 2 aromatic rings. The van der Waals surface area contributed by atoms with Crippen molar-refractivity contribution in [2.24, 2.45) is 5.92 Å². The zero-order valence-corrected chi connectivity index (χ0v) is 12.0. The summed E-state index contributed by atoms with van der Waals surface area (Å²) in [5.41, 5.74) is 0.689. The summed E-state index contributed by atoms with van der Waals surface area (Å²) < 4.78 is 10.6. The highest BCUT2D eigenvalue weighted by atomic mass is 16.7. The number of rotatable bonds is 3. The molecule has 2 aliphatic rings. The molecular weight excluding hydrogens is 302 g/mol. The van der Waals surface area contributed by atoms with E-state index in [0.717, 1.165) is 0 Å². The minimum absolute atomic E-state index is 0.110. The van der Waals surface area contributed by atoms with Gasteiger partial charge in [0, 0.05) is 24.7 Å². The van der Waals surface area contributed by atoms with E-state index in [9.17, 15) is 9.59 Å². The Kier molecular flexibility index (Phi) is 3.11. The van der Waals surface area contributed by atoms with Crippen molar-refractivity contribution in [1.82, 2.24) is 15.2 Å². The van der Waals surface area contributed by atoms with Gasteiger partial charge in [-0.05, 0) is 12.1 Å². The van der Waals surface area contributed by atoms with Crippen molar-refractivity contribution in [2.45, 2.75) is 6.42 Å². The van der Waals surface area contributed by atoms with Gasteiger partial charge in [0.25, 0.3) is 0 Å². The Balaban J connectivity index is 1.49. The summed E-state index contributed by atoms with van der Waals surface area (Å²) in [7, 11) is 0. The summed E-state index contributed by atoms with van der Waals surface area (Å²) in [5.74, 6) is 0.701. The number of carbonyl (C=O) groups excluding carboxylic acids is 2. The second-order valence-electron chi connectivity index (χ2n) is 5.27. The van der Waals surface area contributed by atoms with Crippen LogP contribution in [0.1, 0.15) is 6.42 Å². The van der Waals surface area contributed by atoms with Gasteiger partial charge in [-0.15, -0.1) is 0 Å². The summed E-state index contributed by atoms with van der Waals surface area (Å²) in [6.07, 6.45) is 1.45. The minimum atomic E-state index is -0.446. The topological polar surface area (TPSA) is 109 Å². The third-order valence-electron chi connectivity index (χ3n) is 3.82. The molecule has 2 amide bonds. The molecule has 9 heteroatoms. The molecule has 1 aromatic carbocycles. The lowest BCUT2D eigenvalue weighted by Crippen LogP contribution is -2.28. The number of ether oxygens (including phenoxy) is 2. The number of H-pyrrole nitrogens is 1. The number of aromatic nitrogens is 3. The third kappa shape index (κ3) is 2.45. The predicted molar refractivity (Wildman–Crippen MR) is 78.0 cm³/mol. The van der Waals surface area contributed by atoms with Crippen LogP contribution >= 0.6 is 0 Å². The van der Waals surface area contributed by atoms with Crippen LogP contribution in [0.4, 0.5) is 11.6 Å². The Morgan fingerprint density at radius 2 is 2.22 bits per heavy atom. The van der Waals surface area contributed by atoms with E-state index in [2.05, 4.69) is 20.5 Å². The van der Waals surface area contributed by atoms with Gasteiger partial charge in [-0.25, -0.2) is 5.10 Å². The molecule has 2 N–H and O–H groups in total. The molecule has 0 bridgehead atoms. The molecule has 1 unspecified atom stereocenters. The van der Waals surface area contributed by atoms with E-state index in [1.807, 2.05) is 0 Å². The van der Waals surface area contributed by atoms with Crippen molar-refractivity contribution in [3.8, 4) is 11.5 Å². The largest absolute Gasteiger partial charge is 0.454 e. The first-order valence-corrected chi connectivity index (χ1v) is 7.07. The van der Waals surface area contributed by atoms with E-state index in [-0.39, 0.29) is 31.0 Å². The van der Waals surface area contributed by atoms with Crippen molar-refractivity contribution < 1.29 is 19.1 Å². The fraction of sp³-hybridized carbons (Fsp3) is 0.286. The van der Waals surface area contributed by atoms with Crippen LogP contribution in [0.15, 0.2) is 24.5 Å². The van der Waals surface area contributed by atoms with E-state index in [1.165, 1.54) is 6.33 Å². The zero-order valence-electron chi connectivity index (χ0n) is 12.0. The van der Waals surface area contributed by atoms with Crippen LogP contribution in [0.25, 0.3) is 0 Å². The standard InChI is InChI=1S/C14H13N5O4/c20-12-3-8(13(21)17-14-15-6-16-18-14)5-19(12)9-1-2-10-11(4-9)23-7-22-10/h1-2,4,6,8H,3,5,7H2,(H2,15,16,17,18,21). The fourth-order valence-electron chi connectivity index (χ4n) is 2.67. The summed E-state index contributed by atoms with van der Waals surface area (Å²) in [5, 5.41) is 8.82. The van der Waals surface area contributed by atoms with E-state index < -0.39 is 5.92 Å². The van der Waals surface area contributed by atoms with E-state index in [1.54, 1.807) is 23.1 Å². The molecule has 4 rings (SSSR count). The lowest BCUT2D eigenvalue weighted by atomic mass is 10.1. The predicted octanol–water partition coefficient (Wildman–Crippen LogP) is 0.525. The number of amides is 2. The molecule has 1 saturated heterocycles. The van der Waals surface area contributed by atoms with Gasteiger partial charge in [-0.1, -0.05) is 0 Å². The highest BCUT2D eigenvalue weighted by Gasteiger charge is 2.36. The molecule has 2 aliphatic heterocycles. The molecule has 1 fully saturated rings. The quantitative estimate of drug-likeness (QED) is 0.855. The minimum Gasteiger partial charge on any atom is -0.454 e. The third-order valence-corrected chi connectivity index (χ3v) is 3.82. The van der Waals surface area contributed by atoms with Gasteiger partial charge in [0.2, 0.25) is 24.6 Å². The smallest absolute Gasteiger partial charge is 0.232 e. The van der Waals surface area contributed by atoms with Crippen molar-refractivity contribution in [3.63, 3.8) is 0 Å². The number of nitrogens with one attached hydrogen (secondary N) is 2. The molecular formula is C14H13N5O4. The first-order chi connectivity index (χ1) is 11.2. The molecule has 0 aliphatic carbocycles. The molecule has 0 radical (unpaired) electrons. The zero-order chi connectivity index (χ0) is 15.8. The lowest BCUT2D eigenvalue weighted by molar-refractivity contribution is -0.122. The number of aromatic amines is 1. The van der Waals surface area contributed by atoms with Crippen LogP contribution < -0.4 is 19.7 Å². The number of hydrogen-bond acceptors (Lipinski definition) is 6. The molecule has 1 aromatic heterocycles. The van der Waals surface area contributed by atoms with Crippen molar-refractivity contribution in [1.29, 1.82) is 0 Å². The Bertz CT molecular complexity index is 761. The second-order valence-corrected chi connectivity index (χ2v) is 5.27. The summed E-state index contributed by atoms with van der Waals surface area (Å²) in [4.78, 5) is 29.8. The number of carbonyl (C=O) groups is 2. The van der Waals surface area contributed by atoms with Crippen LogP contribution in [-0.4, -0.2) is 40.3 Å². The lowest BCUT2D eigenvalue weighted by Gasteiger charge is -2.17. The number of benzene rings is 1. The van der Waals surface area contributed by atoms with Crippen molar-refractivity contribution in [2.75, 3.05) is 23.6 Å². The summed E-state index contributed by atoms with van der Waals surface area (Å²) >= 11 is 0. The van der Waals surface area contributed by atoms with Crippen LogP contribution in [0.3, 0.4) is 0 Å². The van der Waals surface area contributed by atoms with Gasteiger partial charge in [-0.3, -0.25) is 14.9 Å². The van der Waals surface area contributed by atoms with Crippen LogP contribution in [0, 0.1) is 5.92 Å². The molecule has 118 valence electrons. The maximum Gasteiger partial charge on any atom is 0.232 e. The average Bonchev–Trinajstić information content (AvgIpc) is 3.26. The number of nitrogens with zero attached hydrogens (tertiary/aromatic N) is 3. The molecule has 3 heterocycles. The number of anilines is 2.